The number of para-hydroxylation sites is 2. The van der Waals surface area contributed by atoms with Crippen LogP contribution in [0.15, 0.2) is 115 Å². The van der Waals surface area contributed by atoms with Crippen molar-refractivity contribution in [3.05, 3.63) is 138 Å². The highest BCUT2D eigenvalue weighted by Gasteiger charge is 2.84. The van der Waals surface area contributed by atoms with Crippen molar-refractivity contribution >= 4 is 17.1 Å². The molecule has 5 aromatic rings. The number of benzene rings is 5. The van der Waals surface area contributed by atoms with Crippen molar-refractivity contribution in [3.8, 4) is 22.6 Å². The summed E-state index contributed by atoms with van der Waals surface area (Å²) in [4.78, 5) is 2.50. The Kier molecular flexibility index (Phi) is 5.72. The summed E-state index contributed by atoms with van der Waals surface area (Å²) in [6, 6.07) is 43.4. The van der Waals surface area contributed by atoms with Crippen LogP contribution >= 0.6 is 0 Å². The van der Waals surface area contributed by atoms with Crippen molar-refractivity contribution < 1.29 is 4.74 Å². The van der Waals surface area contributed by atoms with Crippen LogP contribution in [0.2, 0.25) is 0 Å². The summed E-state index contributed by atoms with van der Waals surface area (Å²) < 4.78 is 7.36. The van der Waals surface area contributed by atoms with E-state index in [9.17, 15) is 0 Å². The van der Waals surface area contributed by atoms with E-state index in [1.165, 1.54) is 83.3 Å². The molecule has 2 spiro atoms. The lowest BCUT2D eigenvalue weighted by atomic mass is 9.26. The molecule has 2 nitrogen and oxygen atoms in total. The number of nitrogens with zero attached hydrogens (tertiary/aromatic N) is 1. The summed E-state index contributed by atoms with van der Waals surface area (Å²) in [5, 5.41) is 0. The van der Waals surface area contributed by atoms with Crippen molar-refractivity contribution in [1.29, 1.82) is 0 Å². The normalized spacial score (nSPS) is 31.0. The van der Waals surface area contributed by atoms with Crippen LogP contribution in [0.4, 0.5) is 17.1 Å². The fourth-order valence-corrected chi connectivity index (χ4v) is 12.9. The van der Waals surface area contributed by atoms with Gasteiger partial charge in [0.2, 0.25) is 0 Å². The predicted octanol–water partition coefficient (Wildman–Crippen LogP) is 12.6. The number of anilines is 3. The first-order chi connectivity index (χ1) is 24.2. The quantitative estimate of drug-likeness (QED) is 0.191. The highest BCUT2D eigenvalue weighted by molar-refractivity contribution is 5.86. The lowest BCUT2D eigenvalue weighted by Crippen LogP contribution is -2.74. The first-order valence-electron chi connectivity index (χ1n) is 19.2. The second-order valence-electron chi connectivity index (χ2n) is 18.0. The third-order valence-corrected chi connectivity index (χ3v) is 15.0. The van der Waals surface area contributed by atoms with E-state index in [1.807, 2.05) is 0 Å². The maximum Gasteiger partial charge on any atom is 0.155 e. The Labute approximate surface area is 297 Å². The minimum absolute atomic E-state index is 0.0265. The molecule has 250 valence electrons. The molecule has 6 aliphatic rings. The molecule has 4 fully saturated rings. The van der Waals surface area contributed by atoms with E-state index >= 15 is 0 Å². The summed E-state index contributed by atoms with van der Waals surface area (Å²) in [6.45, 7) is 9.71. The van der Waals surface area contributed by atoms with E-state index in [2.05, 4.69) is 148 Å². The molecule has 11 rings (SSSR count). The van der Waals surface area contributed by atoms with E-state index in [1.54, 1.807) is 0 Å². The highest BCUT2D eigenvalue weighted by atomic mass is 16.5. The number of hydrogen-bond donors (Lipinski definition) is 0. The highest BCUT2D eigenvalue weighted by Crippen LogP contribution is 2.90. The SMILES string of the molecule is CC1(C)CCC(C)(C)c2cc(N(c3ccccc3)c3cccc4c3Oc3cccc(-c5ccccc5)c3C43C4CC5CC6CC3C64C5)ccc21. The van der Waals surface area contributed by atoms with E-state index in [0.717, 1.165) is 29.0 Å². The van der Waals surface area contributed by atoms with Gasteiger partial charge in [-0.1, -0.05) is 107 Å². The minimum Gasteiger partial charge on any atom is -0.454 e. The smallest absolute Gasteiger partial charge is 0.155 e. The number of rotatable bonds is 4. The Morgan fingerprint density at radius 3 is 2.12 bits per heavy atom. The molecule has 50 heavy (non-hydrogen) atoms. The van der Waals surface area contributed by atoms with Gasteiger partial charge in [-0.15, -0.1) is 0 Å². The van der Waals surface area contributed by atoms with Gasteiger partial charge in [0.05, 0.1) is 5.69 Å². The van der Waals surface area contributed by atoms with Crippen LogP contribution in [0.3, 0.4) is 0 Å². The molecule has 5 aliphatic carbocycles. The van der Waals surface area contributed by atoms with Crippen molar-refractivity contribution in [1.82, 2.24) is 0 Å². The second kappa shape index (κ2) is 9.72. The van der Waals surface area contributed by atoms with Gasteiger partial charge in [0.15, 0.2) is 5.75 Å². The summed E-state index contributed by atoms with van der Waals surface area (Å²) >= 11 is 0. The van der Waals surface area contributed by atoms with Crippen LogP contribution in [0.25, 0.3) is 11.1 Å². The molecule has 0 radical (unpaired) electrons. The van der Waals surface area contributed by atoms with Crippen LogP contribution in [0.5, 0.6) is 11.5 Å². The van der Waals surface area contributed by atoms with Gasteiger partial charge in [0.25, 0.3) is 0 Å². The molecule has 6 unspecified atom stereocenters. The first kappa shape index (κ1) is 29.4. The largest absolute Gasteiger partial charge is 0.454 e. The van der Waals surface area contributed by atoms with Gasteiger partial charge >= 0.3 is 0 Å². The standard InChI is InChI=1S/C48H47NO/c1-45(2)23-24-46(3,4)38-28-34(21-22-36(38)45)49(33-15-9-6-10-16-33)39-19-12-18-37-44(39)50-40-20-11-17-35(31-13-7-5-8-14-31)43(40)48(37)41-26-30-25-32-27-42(48)47(32,41)29-30/h5-22,28,30,32,41-42H,23-27,29H2,1-4H3. The molecule has 0 N–H and O–H groups in total. The predicted molar refractivity (Wildman–Crippen MR) is 204 cm³/mol. The molecule has 0 aromatic heterocycles. The van der Waals surface area contributed by atoms with Crippen molar-refractivity contribution in [2.75, 3.05) is 4.90 Å². The fourth-order valence-electron chi connectivity index (χ4n) is 12.9. The summed E-state index contributed by atoms with van der Waals surface area (Å²) in [5.41, 5.74) is 12.9. The van der Waals surface area contributed by atoms with Gasteiger partial charge in [-0.2, -0.15) is 0 Å². The Morgan fingerprint density at radius 2 is 1.34 bits per heavy atom. The molecular weight excluding hydrogens is 607 g/mol. The van der Waals surface area contributed by atoms with Gasteiger partial charge in [0.1, 0.15) is 5.75 Å². The monoisotopic (exact) mass is 653 g/mol. The summed E-state index contributed by atoms with van der Waals surface area (Å²) in [7, 11) is 0. The van der Waals surface area contributed by atoms with Gasteiger partial charge in [0, 0.05) is 27.9 Å². The third-order valence-electron chi connectivity index (χ3n) is 15.0. The summed E-state index contributed by atoms with van der Waals surface area (Å²) in [6.07, 6.45) is 8.04. The van der Waals surface area contributed by atoms with E-state index in [-0.39, 0.29) is 16.2 Å². The molecule has 0 saturated heterocycles. The van der Waals surface area contributed by atoms with Gasteiger partial charge in [-0.3, -0.25) is 0 Å². The fraction of sp³-hybridized carbons (Fsp3) is 0.375. The number of hydrogen-bond acceptors (Lipinski definition) is 2. The molecule has 6 atom stereocenters. The van der Waals surface area contributed by atoms with Crippen LogP contribution in [0, 0.1) is 29.1 Å². The zero-order valence-electron chi connectivity index (χ0n) is 29.9. The van der Waals surface area contributed by atoms with Crippen LogP contribution in [-0.4, -0.2) is 0 Å². The number of fused-ring (bicyclic) bond motifs is 8. The zero-order chi connectivity index (χ0) is 33.6. The third kappa shape index (κ3) is 3.51. The molecular formula is C48H47NO. The first-order valence-corrected chi connectivity index (χ1v) is 19.2. The molecule has 4 saturated carbocycles. The Morgan fingerprint density at radius 1 is 0.620 bits per heavy atom. The Bertz CT molecular complexity index is 2200. The summed E-state index contributed by atoms with van der Waals surface area (Å²) in [5.74, 6) is 5.29. The molecule has 2 heteroatoms. The topological polar surface area (TPSA) is 12.5 Å². The van der Waals surface area contributed by atoms with Crippen molar-refractivity contribution in [2.45, 2.75) is 82.5 Å². The molecule has 1 aliphatic heterocycles. The van der Waals surface area contributed by atoms with Crippen molar-refractivity contribution in [3.63, 3.8) is 0 Å². The van der Waals surface area contributed by atoms with Crippen LogP contribution in [-0.2, 0) is 16.2 Å². The number of ether oxygens (including phenoxy) is 1. The lowest BCUT2D eigenvalue weighted by molar-refractivity contribution is -0.234. The van der Waals surface area contributed by atoms with Gasteiger partial charge in [-0.25, -0.2) is 0 Å². The minimum atomic E-state index is -0.0265. The second-order valence-corrected chi connectivity index (χ2v) is 18.0. The van der Waals surface area contributed by atoms with E-state index < -0.39 is 0 Å². The van der Waals surface area contributed by atoms with Gasteiger partial charge in [-0.05, 0) is 137 Å². The maximum absolute atomic E-state index is 7.36. The molecule has 2 bridgehead atoms. The molecule has 5 aromatic carbocycles. The maximum atomic E-state index is 7.36. The van der Waals surface area contributed by atoms with Crippen LogP contribution in [0.1, 0.15) is 88.5 Å². The van der Waals surface area contributed by atoms with Crippen molar-refractivity contribution in [2.24, 2.45) is 29.1 Å². The average molecular weight is 654 g/mol. The average Bonchev–Trinajstić information content (AvgIpc) is 3.66. The van der Waals surface area contributed by atoms with E-state index in [4.69, 9.17) is 4.74 Å². The lowest BCUT2D eigenvalue weighted by Gasteiger charge is -2.77. The Hall–Kier alpha value is -4.30. The van der Waals surface area contributed by atoms with Crippen LogP contribution < -0.4 is 9.64 Å². The zero-order valence-corrected chi connectivity index (χ0v) is 29.9. The Balaban J connectivity index is 1.16. The van der Waals surface area contributed by atoms with Gasteiger partial charge < -0.3 is 9.64 Å². The van der Waals surface area contributed by atoms with E-state index in [0.29, 0.717) is 17.3 Å². The molecule has 1 heterocycles. The molecule has 0 amide bonds.